The Morgan fingerprint density at radius 2 is 1.65 bits per heavy atom. The predicted molar refractivity (Wildman–Crippen MR) is 185 cm³/mol. The van der Waals surface area contributed by atoms with Crippen LogP contribution in [0, 0.1) is 5.82 Å². The summed E-state index contributed by atoms with van der Waals surface area (Å²) in [5.74, 6) is -1.02. The number of piperidine rings is 1. The fourth-order valence-electron chi connectivity index (χ4n) is 5.93. The van der Waals surface area contributed by atoms with Gasteiger partial charge in [0.1, 0.15) is 46.7 Å². The van der Waals surface area contributed by atoms with Crippen LogP contribution in [0.4, 0.5) is 14.9 Å². The second-order valence-corrected chi connectivity index (χ2v) is 14.5. The number of amides is 3. The number of rotatable bonds is 10. The van der Waals surface area contributed by atoms with Crippen molar-refractivity contribution in [3.8, 4) is 11.5 Å². The highest BCUT2D eigenvalue weighted by Crippen LogP contribution is 2.28. The molecule has 0 spiro atoms. The van der Waals surface area contributed by atoms with Crippen LogP contribution in [0.25, 0.3) is 0 Å². The SMILES string of the molecule is C[N+]1(Cc2ccc(F)cc2)CCC/C(=[N+](\C(=O)Nc2ccc(OS(=O)(=O)c3ccc(Cl)cc3Cl)cc2)[C@@H](Cc2ccc(O)cc2)C(N)=O)C1. The lowest BCUT2D eigenvalue weighted by Gasteiger charge is -2.38. The van der Waals surface area contributed by atoms with E-state index in [1.165, 1.54) is 71.3 Å². The molecule has 4 N–H and O–H groups in total. The van der Waals surface area contributed by atoms with Crippen molar-refractivity contribution in [1.82, 2.24) is 0 Å². The summed E-state index contributed by atoms with van der Waals surface area (Å²) < 4.78 is 46.5. The third-order valence-electron chi connectivity index (χ3n) is 8.24. The molecule has 1 aliphatic rings. The normalized spacial score (nSPS) is 18.0. The quantitative estimate of drug-likeness (QED) is 0.102. The maximum absolute atomic E-state index is 14.1. The molecule has 256 valence electrons. The number of nitrogens with two attached hydrogens (primary N) is 1. The number of likely N-dealkylation sites (tertiary alicyclic amines) is 1. The van der Waals surface area contributed by atoms with E-state index >= 15 is 0 Å². The van der Waals surface area contributed by atoms with E-state index in [0.717, 1.165) is 18.5 Å². The van der Waals surface area contributed by atoms with E-state index in [9.17, 15) is 27.5 Å². The van der Waals surface area contributed by atoms with Crippen molar-refractivity contribution >= 4 is 56.7 Å². The summed E-state index contributed by atoms with van der Waals surface area (Å²) in [6.45, 7) is 1.78. The van der Waals surface area contributed by atoms with Crippen LogP contribution in [-0.4, -0.2) is 66.4 Å². The first-order chi connectivity index (χ1) is 23.2. The Morgan fingerprint density at radius 1 is 1.00 bits per heavy atom. The number of nitrogens with one attached hydrogen (secondary N) is 1. The minimum atomic E-state index is -4.29. The summed E-state index contributed by atoms with van der Waals surface area (Å²) in [7, 11) is -2.25. The molecule has 0 aromatic heterocycles. The van der Waals surface area contributed by atoms with Crippen molar-refractivity contribution in [2.24, 2.45) is 5.73 Å². The maximum atomic E-state index is 14.1. The number of urea groups is 1. The lowest BCUT2D eigenvalue weighted by atomic mass is 10.0. The van der Waals surface area contributed by atoms with Crippen molar-refractivity contribution < 1.29 is 40.7 Å². The van der Waals surface area contributed by atoms with Crippen molar-refractivity contribution in [1.29, 1.82) is 0 Å². The second kappa shape index (κ2) is 15.0. The monoisotopic (exact) mass is 728 g/mol. The Kier molecular flexibility index (Phi) is 10.9. The number of phenolic OH excluding ortho intramolecular Hbond substituents is 1. The van der Waals surface area contributed by atoms with Gasteiger partial charge in [0.15, 0.2) is 6.04 Å². The van der Waals surface area contributed by atoms with Crippen molar-refractivity contribution in [2.45, 2.75) is 36.7 Å². The summed E-state index contributed by atoms with van der Waals surface area (Å²) in [5, 5.41) is 12.8. The maximum Gasteiger partial charge on any atom is 0.496 e. The first-order valence-electron chi connectivity index (χ1n) is 15.3. The highest BCUT2D eigenvalue weighted by molar-refractivity contribution is 7.87. The number of aromatic hydroxyl groups is 1. The molecule has 49 heavy (non-hydrogen) atoms. The summed E-state index contributed by atoms with van der Waals surface area (Å²) >= 11 is 12.0. The van der Waals surface area contributed by atoms with Gasteiger partial charge in [0.2, 0.25) is 0 Å². The first-order valence-corrected chi connectivity index (χ1v) is 17.5. The van der Waals surface area contributed by atoms with E-state index in [4.69, 9.17) is 33.1 Å². The van der Waals surface area contributed by atoms with Crippen molar-refractivity contribution in [3.05, 3.63) is 118 Å². The van der Waals surface area contributed by atoms with Crippen molar-refractivity contribution in [3.63, 3.8) is 0 Å². The smallest absolute Gasteiger partial charge is 0.496 e. The van der Waals surface area contributed by atoms with E-state index in [0.29, 0.717) is 41.0 Å². The topological polar surface area (TPSA) is 139 Å². The number of benzene rings is 4. The molecule has 0 saturated carbocycles. The Balaban J connectivity index is 1.43. The molecule has 14 heteroatoms. The van der Waals surface area contributed by atoms with Gasteiger partial charge in [-0.25, -0.2) is 9.71 Å². The minimum absolute atomic E-state index is 0.0290. The van der Waals surface area contributed by atoms with Crippen LogP contribution >= 0.6 is 23.2 Å². The van der Waals surface area contributed by atoms with Gasteiger partial charge in [-0.2, -0.15) is 17.8 Å². The molecule has 3 amide bonds. The van der Waals surface area contributed by atoms with E-state index in [1.807, 2.05) is 7.05 Å². The van der Waals surface area contributed by atoms with E-state index in [-0.39, 0.29) is 38.7 Å². The molecule has 0 radical (unpaired) electrons. The fraction of sp³-hybridized carbons (Fsp3) is 0.229. The molecule has 2 atom stereocenters. The zero-order valence-electron chi connectivity index (χ0n) is 26.5. The Hall–Kier alpha value is -4.49. The molecule has 1 heterocycles. The third-order valence-corrected chi connectivity index (χ3v) is 10.2. The van der Waals surface area contributed by atoms with E-state index < -0.39 is 28.1 Å². The highest BCUT2D eigenvalue weighted by atomic mass is 35.5. The molecule has 1 saturated heterocycles. The number of hydrogen-bond donors (Lipinski definition) is 3. The van der Waals surface area contributed by atoms with Crippen LogP contribution in [-0.2, 0) is 27.9 Å². The molecular formula is C35H35Cl2FN4O6S+2. The molecule has 1 aliphatic heterocycles. The second-order valence-electron chi connectivity index (χ2n) is 12.2. The molecule has 10 nitrogen and oxygen atoms in total. The molecule has 0 bridgehead atoms. The molecule has 4 aromatic carbocycles. The Morgan fingerprint density at radius 3 is 2.29 bits per heavy atom. The average molecular weight is 730 g/mol. The molecule has 4 aromatic rings. The molecular weight excluding hydrogens is 694 g/mol. The number of nitrogens with zero attached hydrogens (tertiary/aromatic N) is 2. The zero-order chi connectivity index (χ0) is 35.3. The number of primary amides is 1. The van der Waals surface area contributed by atoms with Crippen molar-refractivity contribution in [2.75, 3.05) is 25.5 Å². The van der Waals surface area contributed by atoms with Gasteiger partial charge in [-0.15, -0.1) is 0 Å². The number of hydrogen-bond acceptors (Lipinski definition) is 6. The van der Waals surface area contributed by atoms with Gasteiger partial charge >= 0.3 is 16.1 Å². The summed E-state index contributed by atoms with van der Waals surface area (Å²) in [4.78, 5) is 26.9. The third kappa shape index (κ3) is 9.15. The predicted octanol–water partition coefficient (Wildman–Crippen LogP) is 6.13. The van der Waals surface area contributed by atoms with Crippen LogP contribution in [0.1, 0.15) is 24.0 Å². The van der Waals surface area contributed by atoms with Gasteiger partial charge in [-0.1, -0.05) is 47.5 Å². The summed E-state index contributed by atoms with van der Waals surface area (Å²) in [6, 6.07) is 20.5. The lowest BCUT2D eigenvalue weighted by molar-refractivity contribution is -0.918. The Bertz CT molecular complexity index is 1990. The standard InChI is InChI=1S/C35H33Cl2FN4O6S/c1-42(21-24-4-9-26(38)10-5-24)18-2-3-28(22-42)41(32(34(39)44)19-23-6-13-29(43)14-7-23)35(45)40-27-11-15-30(16-12-27)48-49(46,47)33-17-8-25(36)20-31(33)37/h4-17,20,32H,2-3,18-19,21-22H2,1H3,(H2-2,39,40,43,44,45)/p+2/b41-28+/t32-,42?/m0/s1. The summed E-state index contributed by atoms with van der Waals surface area (Å²) in [6.07, 6.45) is 1.34. The highest BCUT2D eigenvalue weighted by Gasteiger charge is 2.39. The van der Waals surface area contributed by atoms with Gasteiger partial charge in [-0.05, 0) is 72.3 Å². The zero-order valence-corrected chi connectivity index (χ0v) is 28.8. The van der Waals surface area contributed by atoms with Gasteiger partial charge < -0.3 is 19.5 Å². The van der Waals surface area contributed by atoms with Gasteiger partial charge in [0.25, 0.3) is 5.91 Å². The van der Waals surface area contributed by atoms with E-state index in [2.05, 4.69) is 5.32 Å². The number of halogens is 3. The minimum Gasteiger partial charge on any atom is -0.508 e. The molecule has 5 rings (SSSR count). The number of carbonyl (C=O) groups is 2. The fourth-order valence-corrected chi connectivity index (χ4v) is 7.61. The number of anilines is 1. The van der Waals surface area contributed by atoms with Crippen LogP contribution in [0.5, 0.6) is 11.5 Å². The van der Waals surface area contributed by atoms with E-state index in [1.54, 1.807) is 24.3 Å². The Labute approximate surface area is 293 Å². The number of quaternary nitrogens is 1. The lowest BCUT2D eigenvalue weighted by Crippen LogP contribution is -2.56. The molecule has 1 fully saturated rings. The van der Waals surface area contributed by atoms with Crippen LogP contribution in [0.15, 0.2) is 95.9 Å². The summed E-state index contributed by atoms with van der Waals surface area (Å²) in [5.41, 5.74) is 8.56. The number of carbonyl (C=O) groups excluding carboxylic acids is 2. The van der Waals surface area contributed by atoms with Crippen LogP contribution < -0.4 is 15.2 Å². The molecule has 0 aliphatic carbocycles. The van der Waals surface area contributed by atoms with Crippen LogP contribution in [0.2, 0.25) is 10.0 Å². The largest absolute Gasteiger partial charge is 0.508 e. The average Bonchev–Trinajstić information content (AvgIpc) is 3.03. The van der Waals surface area contributed by atoms with Gasteiger partial charge in [0.05, 0.1) is 18.6 Å². The van der Waals surface area contributed by atoms with Gasteiger partial charge in [-0.3, -0.25) is 4.79 Å². The van der Waals surface area contributed by atoms with Gasteiger partial charge in [0, 0.05) is 29.8 Å². The number of phenols is 1. The molecule has 1 unspecified atom stereocenters. The van der Waals surface area contributed by atoms with Crippen LogP contribution in [0.3, 0.4) is 0 Å². The first kappa shape index (κ1) is 35.8.